The van der Waals surface area contributed by atoms with E-state index in [1.54, 1.807) is 5.57 Å². The van der Waals surface area contributed by atoms with Crippen LogP contribution in [-0.4, -0.2) is 14.1 Å². The molecule has 6 aromatic carbocycles. The summed E-state index contributed by atoms with van der Waals surface area (Å²) in [6.07, 6.45) is 16.0. The lowest BCUT2D eigenvalue weighted by Crippen LogP contribution is -2.00. The number of para-hydroxylation sites is 3. The van der Waals surface area contributed by atoms with Crippen molar-refractivity contribution in [1.29, 1.82) is 0 Å². The number of fused-ring (bicyclic) bond motifs is 9. The van der Waals surface area contributed by atoms with Gasteiger partial charge in [-0.25, -0.2) is 4.98 Å². The maximum atomic E-state index is 5.47. The van der Waals surface area contributed by atoms with E-state index in [9.17, 15) is 0 Å². The predicted molar refractivity (Wildman–Crippen MR) is 244 cm³/mol. The molecule has 0 spiro atoms. The molecule has 3 aromatic heterocycles. The first-order valence-electron chi connectivity index (χ1n) is 20.7. The van der Waals surface area contributed by atoms with Crippen molar-refractivity contribution in [3.05, 3.63) is 198 Å². The average molecular weight is 744 g/mol. The first kappa shape index (κ1) is 33.2. The molecule has 0 amide bonds. The summed E-state index contributed by atoms with van der Waals surface area (Å²) in [6, 6.07) is 53.7. The van der Waals surface area contributed by atoms with Crippen LogP contribution in [0.3, 0.4) is 0 Å². The molecule has 1 unspecified atom stereocenters. The van der Waals surface area contributed by atoms with Crippen LogP contribution >= 0.6 is 0 Å². The molecular weight excluding hydrogens is 703 g/mol. The van der Waals surface area contributed by atoms with Gasteiger partial charge in [-0.2, -0.15) is 0 Å². The van der Waals surface area contributed by atoms with Gasteiger partial charge in [0.15, 0.2) is 0 Å². The SMILES string of the molecule is CC1C=CC(c2cc(-c3cccc4c3C3=C(CCC=C3)C4)cc(-c3cccc(-n4c5ccccc5c5ccc6c7ccccc7n(-c7ccccc7)c6c54)c3)n2)=CC1. The van der Waals surface area contributed by atoms with Crippen LogP contribution in [0.4, 0.5) is 0 Å². The number of hydrogen-bond donors (Lipinski definition) is 0. The van der Waals surface area contributed by atoms with E-state index in [2.05, 4.69) is 192 Å². The van der Waals surface area contributed by atoms with E-state index in [0.29, 0.717) is 5.92 Å². The first-order valence-corrected chi connectivity index (χ1v) is 20.7. The van der Waals surface area contributed by atoms with Crippen molar-refractivity contribution in [2.24, 2.45) is 5.92 Å². The predicted octanol–water partition coefficient (Wildman–Crippen LogP) is 14.2. The number of benzene rings is 6. The van der Waals surface area contributed by atoms with Crippen molar-refractivity contribution in [3.8, 4) is 33.8 Å². The minimum atomic E-state index is 0.530. The van der Waals surface area contributed by atoms with E-state index < -0.39 is 0 Å². The zero-order valence-electron chi connectivity index (χ0n) is 32.5. The summed E-state index contributed by atoms with van der Waals surface area (Å²) in [6.45, 7) is 2.28. The molecule has 0 aliphatic heterocycles. The smallest absolute Gasteiger partial charge is 0.0788 e. The summed E-state index contributed by atoms with van der Waals surface area (Å²) in [5, 5.41) is 4.98. The third-order valence-electron chi connectivity index (χ3n) is 12.7. The van der Waals surface area contributed by atoms with Crippen molar-refractivity contribution in [3.63, 3.8) is 0 Å². The molecule has 3 aliphatic carbocycles. The van der Waals surface area contributed by atoms with E-state index in [-0.39, 0.29) is 0 Å². The zero-order valence-corrected chi connectivity index (χ0v) is 32.5. The Labute approximate surface area is 338 Å². The van der Waals surface area contributed by atoms with Crippen LogP contribution in [0.5, 0.6) is 0 Å². The van der Waals surface area contributed by atoms with Crippen molar-refractivity contribution in [1.82, 2.24) is 14.1 Å². The second kappa shape index (κ2) is 13.0. The molecule has 0 saturated heterocycles. The Kier molecular flexibility index (Phi) is 7.46. The fourth-order valence-corrected chi connectivity index (χ4v) is 10.0. The van der Waals surface area contributed by atoms with E-state index >= 15 is 0 Å². The van der Waals surface area contributed by atoms with Gasteiger partial charge in [-0.1, -0.05) is 140 Å². The number of rotatable bonds is 5. The zero-order chi connectivity index (χ0) is 38.3. The van der Waals surface area contributed by atoms with Gasteiger partial charge in [-0.15, -0.1) is 0 Å². The quantitative estimate of drug-likeness (QED) is 0.172. The maximum Gasteiger partial charge on any atom is 0.0788 e. The molecule has 0 radical (unpaired) electrons. The fourth-order valence-electron chi connectivity index (χ4n) is 10.0. The number of hydrogen-bond acceptors (Lipinski definition) is 1. The lowest BCUT2D eigenvalue weighted by molar-refractivity contribution is 0.738. The molecule has 9 aromatic rings. The lowest BCUT2D eigenvalue weighted by Gasteiger charge is -2.17. The molecule has 0 saturated carbocycles. The number of pyridine rings is 1. The molecular formula is C55H41N3. The maximum absolute atomic E-state index is 5.47. The molecule has 12 rings (SSSR count). The minimum Gasteiger partial charge on any atom is -0.307 e. The number of nitrogens with zero attached hydrogens (tertiary/aromatic N) is 3. The highest BCUT2D eigenvalue weighted by Crippen LogP contribution is 2.45. The van der Waals surface area contributed by atoms with Gasteiger partial charge in [0.25, 0.3) is 0 Å². The number of allylic oxidation sites excluding steroid dienone is 8. The van der Waals surface area contributed by atoms with E-state index in [1.165, 1.54) is 77.0 Å². The van der Waals surface area contributed by atoms with Crippen molar-refractivity contribution >= 4 is 54.8 Å². The first-order chi connectivity index (χ1) is 28.7. The summed E-state index contributed by atoms with van der Waals surface area (Å²) in [5.74, 6) is 0.530. The Bertz CT molecular complexity index is 3290. The molecule has 58 heavy (non-hydrogen) atoms. The highest BCUT2D eigenvalue weighted by molar-refractivity contribution is 6.23. The summed E-state index contributed by atoms with van der Waals surface area (Å²) in [7, 11) is 0. The summed E-state index contributed by atoms with van der Waals surface area (Å²) >= 11 is 0. The Morgan fingerprint density at radius 3 is 2.03 bits per heavy atom. The van der Waals surface area contributed by atoms with Gasteiger partial charge in [-0.3, -0.25) is 0 Å². The standard InChI is InChI=1S/C55H41N3/c1-35-25-27-36(28-26-35)49-33-40(44-22-12-15-39-31-37-13-5-6-19-43(37)53(39)44)34-50(56-49)38-14-11-18-42(32-38)58-52-24-10-8-21-46(52)48-30-29-47-45-20-7-9-23-51(45)57(54(47)55(48)58)41-16-3-2-4-17-41/h2-4,6-12,14-25,27-30,32-35H,5,13,26,31H2,1H3. The van der Waals surface area contributed by atoms with Gasteiger partial charge in [0.2, 0.25) is 0 Å². The molecule has 3 nitrogen and oxygen atoms in total. The van der Waals surface area contributed by atoms with Crippen LogP contribution in [0.25, 0.3) is 88.5 Å². The van der Waals surface area contributed by atoms with Crippen LogP contribution in [0.15, 0.2) is 182 Å². The molecule has 3 heterocycles. The Hall–Kier alpha value is -6.97. The molecule has 0 N–H and O–H groups in total. The summed E-state index contributed by atoms with van der Waals surface area (Å²) < 4.78 is 4.94. The Morgan fingerprint density at radius 1 is 0.586 bits per heavy atom. The van der Waals surface area contributed by atoms with E-state index in [1.807, 2.05) is 0 Å². The molecule has 1 atom stereocenters. The topological polar surface area (TPSA) is 22.8 Å². The average Bonchev–Trinajstić information content (AvgIpc) is 3.95. The van der Waals surface area contributed by atoms with Crippen molar-refractivity contribution in [2.45, 2.75) is 32.6 Å². The molecule has 276 valence electrons. The van der Waals surface area contributed by atoms with E-state index in [0.717, 1.165) is 54.0 Å². The largest absolute Gasteiger partial charge is 0.307 e. The Balaban J connectivity index is 1.11. The van der Waals surface area contributed by atoms with Crippen molar-refractivity contribution in [2.75, 3.05) is 0 Å². The van der Waals surface area contributed by atoms with Crippen molar-refractivity contribution < 1.29 is 0 Å². The normalized spacial score (nSPS) is 16.2. The lowest BCUT2D eigenvalue weighted by atomic mass is 9.90. The van der Waals surface area contributed by atoms with Gasteiger partial charge >= 0.3 is 0 Å². The van der Waals surface area contributed by atoms with Gasteiger partial charge in [0.1, 0.15) is 0 Å². The van der Waals surface area contributed by atoms with E-state index in [4.69, 9.17) is 4.98 Å². The van der Waals surface area contributed by atoms with Gasteiger partial charge < -0.3 is 9.13 Å². The fraction of sp³-hybridized carbons (Fsp3) is 0.109. The summed E-state index contributed by atoms with van der Waals surface area (Å²) in [5.41, 5.74) is 19.7. The third-order valence-corrected chi connectivity index (χ3v) is 12.7. The van der Waals surface area contributed by atoms with Gasteiger partial charge in [-0.05, 0) is 114 Å². The molecule has 3 heteroatoms. The second-order valence-electron chi connectivity index (χ2n) is 16.3. The monoisotopic (exact) mass is 743 g/mol. The molecule has 0 fully saturated rings. The second-order valence-corrected chi connectivity index (χ2v) is 16.3. The van der Waals surface area contributed by atoms with Crippen LogP contribution < -0.4 is 0 Å². The number of aromatic nitrogens is 3. The summed E-state index contributed by atoms with van der Waals surface area (Å²) in [4.78, 5) is 5.47. The molecule has 0 bridgehead atoms. The highest BCUT2D eigenvalue weighted by Gasteiger charge is 2.26. The van der Waals surface area contributed by atoms with Gasteiger partial charge in [0, 0.05) is 38.5 Å². The highest BCUT2D eigenvalue weighted by atomic mass is 15.0. The third kappa shape index (κ3) is 5.09. The van der Waals surface area contributed by atoms with Crippen LogP contribution in [-0.2, 0) is 6.42 Å². The van der Waals surface area contributed by atoms with Crippen LogP contribution in [0.1, 0.15) is 43.0 Å². The van der Waals surface area contributed by atoms with Gasteiger partial charge in [0.05, 0.1) is 33.5 Å². The Morgan fingerprint density at radius 2 is 1.28 bits per heavy atom. The minimum absolute atomic E-state index is 0.530. The van der Waals surface area contributed by atoms with Crippen LogP contribution in [0, 0.1) is 5.92 Å². The van der Waals surface area contributed by atoms with Crippen LogP contribution in [0.2, 0.25) is 0 Å². The molecule has 3 aliphatic rings.